The number of H-pyrrole nitrogens is 1. The van der Waals surface area contributed by atoms with Crippen molar-refractivity contribution < 1.29 is 22.7 Å². The smallest absolute Gasteiger partial charge is 0.433 e. The molecule has 0 saturated carbocycles. The van der Waals surface area contributed by atoms with Crippen LogP contribution in [0.5, 0.6) is 0 Å². The fourth-order valence-electron chi connectivity index (χ4n) is 3.72. The Balaban J connectivity index is 2.90. The average Bonchev–Trinajstić information content (AvgIpc) is 3.15. The second kappa shape index (κ2) is 14.5. The SMILES string of the molecule is CCCCCCCCC(CCCCCCC)c1nc(C(=O)OCC)c(C(F)(F)F)[nH]1. The van der Waals surface area contributed by atoms with Crippen molar-refractivity contribution in [2.45, 2.75) is 116 Å². The molecule has 0 aromatic carbocycles. The zero-order chi connectivity index (χ0) is 22.4. The van der Waals surface area contributed by atoms with Gasteiger partial charge in [-0.3, -0.25) is 0 Å². The molecule has 7 heteroatoms. The zero-order valence-corrected chi connectivity index (χ0v) is 18.9. The highest BCUT2D eigenvalue weighted by molar-refractivity contribution is 5.88. The van der Waals surface area contributed by atoms with E-state index in [1.54, 1.807) is 6.92 Å². The van der Waals surface area contributed by atoms with Crippen LogP contribution in [-0.4, -0.2) is 22.5 Å². The highest BCUT2D eigenvalue weighted by Crippen LogP contribution is 2.34. The summed E-state index contributed by atoms with van der Waals surface area (Å²) in [7, 11) is 0. The van der Waals surface area contributed by atoms with Crippen LogP contribution in [0.4, 0.5) is 13.2 Å². The van der Waals surface area contributed by atoms with E-state index in [1.807, 2.05) is 0 Å². The van der Waals surface area contributed by atoms with E-state index in [4.69, 9.17) is 4.74 Å². The molecule has 1 atom stereocenters. The highest BCUT2D eigenvalue weighted by atomic mass is 19.4. The quantitative estimate of drug-likeness (QED) is 0.214. The zero-order valence-electron chi connectivity index (χ0n) is 18.9. The number of esters is 1. The molecule has 30 heavy (non-hydrogen) atoms. The number of hydrogen-bond acceptors (Lipinski definition) is 3. The second-order valence-electron chi connectivity index (χ2n) is 8.02. The van der Waals surface area contributed by atoms with Crippen LogP contribution in [0.2, 0.25) is 0 Å². The molecule has 0 amide bonds. The molecule has 0 fully saturated rings. The average molecular weight is 433 g/mol. The topological polar surface area (TPSA) is 55.0 Å². The van der Waals surface area contributed by atoms with Crippen molar-refractivity contribution >= 4 is 5.97 Å². The van der Waals surface area contributed by atoms with E-state index < -0.39 is 23.5 Å². The summed E-state index contributed by atoms with van der Waals surface area (Å²) >= 11 is 0. The lowest BCUT2D eigenvalue weighted by Gasteiger charge is -2.15. The van der Waals surface area contributed by atoms with Gasteiger partial charge in [0.2, 0.25) is 0 Å². The number of aromatic nitrogens is 2. The van der Waals surface area contributed by atoms with Crippen LogP contribution < -0.4 is 0 Å². The largest absolute Gasteiger partial charge is 0.461 e. The number of ether oxygens (including phenoxy) is 1. The van der Waals surface area contributed by atoms with Gasteiger partial charge in [0.05, 0.1) is 6.61 Å². The van der Waals surface area contributed by atoms with Crippen LogP contribution in [0.1, 0.15) is 132 Å². The number of rotatable bonds is 16. The molecule has 1 heterocycles. The molecule has 0 aliphatic rings. The number of imidazole rings is 1. The summed E-state index contributed by atoms with van der Waals surface area (Å²) in [5.41, 5.74) is -1.73. The number of aromatic amines is 1. The van der Waals surface area contributed by atoms with Gasteiger partial charge in [-0.25, -0.2) is 9.78 Å². The van der Waals surface area contributed by atoms with Gasteiger partial charge in [0.15, 0.2) is 11.4 Å². The minimum absolute atomic E-state index is 0.0109. The van der Waals surface area contributed by atoms with E-state index in [-0.39, 0.29) is 18.3 Å². The molecule has 1 unspecified atom stereocenters. The van der Waals surface area contributed by atoms with Crippen LogP contribution in [0, 0.1) is 0 Å². The highest BCUT2D eigenvalue weighted by Gasteiger charge is 2.40. The summed E-state index contributed by atoms with van der Waals surface area (Å²) in [4.78, 5) is 18.6. The summed E-state index contributed by atoms with van der Waals surface area (Å²) in [6, 6.07) is 0. The van der Waals surface area contributed by atoms with Gasteiger partial charge in [0.1, 0.15) is 5.82 Å². The van der Waals surface area contributed by atoms with Crippen molar-refractivity contribution in [3.63, 3.8) is 0 Å². The molecule has 0 bridgehead atoms. The lowest BCUT2D eigenvalue weighted by molar-refractivity contribution is -0.141. The van der Waals surface area contributed by atoms with Crippen LogP contribution in [0.25, 0.3) is 0 Å². The number of halogens is 3. The molecule has 1 aromatic heterocycles. The lowest BCUT2D eigenvalue weighted by atomic mass is 9.93. The lowest BCUT2D eigenvalue weighted by Crippen LogP contribution is -2.15. The first kappa shape index (κ1) is 26.5. The second-order valence-corrected chi connectivity index (χ2v) is 8.02. The van der Waals surface area contributed by atoms with E-state index in [9.17, 15) is 18.0 Å². The third-order valence-electron chi connectivity index (χ3n) is 5.42. The molecular formula is C23H39F3N2O2. The number of hydrogen-bond donors (Lipinski definition) is 1. The maximum atomic E-state index is 13.5. The number of alkyl halides is 3. The van der Waals surface area contributed by atoms with Crippen molar-refractivity contribution in [2.75, 3.05) is 6.61 Å². The molecule has 0 saturated heterocycles. The van der Waals surface area contributed by atoms with E-state index in [2.05, 4.69) is 23.8 Å². The molecule has 0 aliphatic carbocycles. The van der Waals surface area contributed by atoms with Crippen LogP contribution in [-0.2, 0) is 10.9 Å². The van der Waals surface area contributed by atoms with Crippen molar-refractivity contribution in [3.05, 3.63) is 17.2 Å². The molecule has 1 N–H and O–H groups in total. The Labute approximate surface area is 179 Å². The third-order valence-corrected chi connectivity index (χ3v) is 5.42. The Morgan fingerprint density at radius 1 is 0.900 bits per heavy atom. The Morgan fingerprint density at radius 2 is 1.40 bits per heavy atom. The van der Waals surface area contributed by atoms with Crippen LogP contribution in [0.15, 0.2) is 0 Å². The van der Waals surface area contributed by atoms with Gasteiger partial charge in [-0.15, -0.1) is 0 Å². The van der Waals surface area contributed by atoms with Gasteiger partial charge in [-0.05, 0) is 19.8 Å². The molecule has 0 aliphatic heterocycles. The minimum Gasteiger partial charge on any atom is -0.461 e. The predicted molar refractivity (Wildman–Crippen MR) is 114 cm³/mol. The maximum absolute atomic E-state index is 13.5. The van der Waals surface area contributed by atoms with E-state index in [0.29, 0.717) is 0 Å². The summed E-state index contributed by atoms with van der Waals surface area (Å²) in [5, 5.41) is 0. The normalized spacial score (nSPS) is 12.9. The fourth-order valence-corrected chi connectivity index (χ4v) is 3.72. The third kappa shape index (κ3) is 9.52. The van der Waals surface area contributed by atoms with Gasteiger partial charge in [0, 0.05) is 5.92 Å². The number of nitrogens with zero attached hydrogens (tertiary/aromatic N) is 1. The predicted octanol–water partition coefficient (Wildman–Crippen LogP) is 7.80. The number of nitrogens with one attached hydrogen (secondary N) is 1. The molecule has 174 valence electrons. The minimum atomic E-state index is -4.67. The first-order chi connectivity index (χ1) is 14.3. The molecule has 0 radical (unpaired) electrons. The Hall–Kier alpha value is -1.53. The Kier molecular flexibility index (Phi) is 12.8. The van der Waals surface area contributed by atoms with E-state index in [0.717, 1.165) is 57.8 Å². The van der Waals surface area contributed by atoms with Gasteiger partial charge in [-0.1, -0.05) is 84.5 Å². The van der Waals surface area contributed by atoms with Crippen LogP contribution >= 0.6 is 0 Å². The van der Waals surface area contributed by atoms with Crippen molar-refractivity contribution in [1.29, 1.82) is 0 Å². The van der Waals surface area contributed by atoms with Gasteiger partial charge < -0.3 is 9.72 Å². The van der Waals surface area contributed by atoms with Gasteiger partial charge in [0.25, 0.3) is 0 Å². The van der Waals surface area contributed by atoms with Crippen LogP contribution in [0.3, 0.4) is 0 Å². The number of carbonyl (C=O) groups is 1. The summed E-state index contributed by atoms with van der Waals surface area (Å²) < 4.78 is 45.2. The first-order valence-electron chi connectivity index (χ1n) is 11.7. The van der Waals surface area contributed by atoms with Crippen molar-refractivity contribution in [1.82, 2.24) is 9.97 Å². The Bertz CT molecular complexity index is 600. The molecule has 1 aromatic rings. The molecule has 1 rings (SSSR count). The Morgan fingerprint density at radius 3 is 1.87 bits per heavy atom. The summed E-state index contributed by atoms with van der Waals surface area (Å²) in [5.74, 6) is -0.843. The van der Waals surface area contributed by atoms with Crippen molar-refractivity contribution in [3.8, 4) is 0 Å². The van der Waals surface area contributed by atoms with Crippen molar-refractivity contribution in [2.24, 2.45) is 0 Å². The van der Waals surface area contributed by atoms with E-state index >= 15 is 0 Å². The fraction of sp³-hybridized carbons (Fsp3) is 0.826. The molecule has 0 spiro atoms. The first-order valence-corrected chi connectivity index (χ1v) is 11.7. The summed E-state index contributed by atoms with van der Waals surface area (Å²) in [6.07, 6.45) is 9.17. The van der Waals surface area contributed by atoms with Gasteiger partial charge >= 0.3 is 12.1 Å². The molecule has 4 nitrogen and oxygen atoms in total. The standard InChI is InChI=1S/C23H39F3N2O2/c1-4-7-9-11-13-15-17-18(16-14-12-10-8-5-2)21-27-19(22(29)30-6-3)20(28-21)23(24,25)26/h18H,4-17H2,1-3H3,(H,27,28). The number of unbranched alkanes of at least 4 members (excludes halogenated alkanes) is 9. The van der Waals surface area contributed by atoms with Gasteiger partial charge in [-0.2, -0.15) is 13.2 Å². The van der Waals surface area contributed by atoms with E-state index in [1.165, 1.54) is 25.7 Å². The number of carbonyl (C=O) groups excluding carboxylic acids is 1. The molecular weight excluding hydrogens is 393 g/mol. The monoisotopic (exact) mass is 432 g/mol. The maximum Gasteiger partial charge on any atom is 0.433 e. The summed E-state index contributed by atoms with van der Waals surface area (Å²) in [6.45, 7) is 5.90.